The average molecular weight is 420 g/mol. The van der Waals surface area contributed by atoms with Crippen LogP contribution in [-0.2, 0) is 16.0 Å². The number of thiazole rings is 1. The second kappa shape index (κ2) is 9.67. The monoisotopic (exact) mass is 419 g/mol. The van der Waals surface area contributed by atoms with Gasteiger partial charge in [-0.1, -0.05) is 60.7 Å². The molecule has 0 bridgehead atoms. The summed E-state index contributed by atoms with van der Waals surface area (Å²) in [7, 11) is 0. The first-order valence-electron chi connectivity index (χ1n) is 10.3. The summed E-state index contributed by atoms with van der Waals surface area (Å²) in [6, 6.07) is 20.7. The number of carbonyl (C=O) groups is 2. The van der Waals surface area contributed by atoms with Crippen LogP contribution in [0.2, 0.25) is 0 Å². The number of nitrogens with one attached hydrogen (secondary N) is 2. The van der Waals surface area contributed by atoms with Gasteiger partial charge in [-0.3, -0.25) is 9.59 Å². The number of aromatic nitrogens is 1. The Balaban J connectivity index is 1.29. The Kier molecular flexibility index (Phi) is 6.54. The van der Waals surface area contributed by atoms with Crippen molar-refractivity contribution in [3.05, 3.63) is 82.9 Å². The van der Waals surface area contributed by atoms with Gasteiger partial charge in [0.15, 0.2) is 5.13 Å². The van der Waals surface area contributed by atoms with Crippen molar-refractivity contribution in [1.82, 2.24) is 10.3 Å². The molecule has 1 heterocycles. The van der Waals surface area contributed by atoms with Gasteiger partial charge in [-0.05, 0) is 30.4 Å². The van der Waals surface area contributed by atoms with Gasteiger partial charge in [0, 0.05) is 23.8 Å². The molecular weight excluding hydrogens is 394 g/mol. The van der Waals surface area contributed by atoms with Gasteiger partial charge >= 0.3 is 0 Å². The Morgan fingerprint density at radius 3 is 2.23 bits per heavy atom. The molecule has 1 fully saturated rings. The molecule has 5 nitrogen and oxygen atoms in total. The zero-order valence-electron chi connectivity index (χ0n) is 16.7. The molecule has 0 spiro atoms. The van der Waals surface area contributed by atoms with Crippen molar-refractivity contribution in [2.45, 2.75) is 31.6 Å². The lowest BCUT2D eigenvalue weighted by atomic mass is 9.88. The highest BCUT2D eigenvalue weighted by Gasteiger charge is 2.30. The lowest BCUT2D eigenvalue weighted by molar-refractivity contribution is -0.120. The highest BCUT2D eigenvalue weighted by atomic mass is 32.1. The first-order valence-corrected chi connectivity index (χ1v) is 11.2. The fourth-order valence-electron chi connectivity index (χ4n) is 3.48. The summed E-state index contributed by atoms with van der Waals surface area (Å²) in [5.41, 5.74) is 3.17. The number of benzene rings is 2. The third-order valence-electron chi connectivity index (χ3n) is 5.23. The van der Waals surface area contributed by atoms with Crippen molar-refractivity contribution < 1.29 is 9.59 Å². The molecule has 2 N–H and O–H groups in total. The molecule has 30 heavy (non-hydrogen) atoms. The Hall–Kier alpha value is -2.99. The van der Waals surface area contributed by atoms with Crippen LogP contribution in [0.25, 0.3) is 0 Å². The van der Waals surface area contributed by atoms with Crippen LogP contribution in [0.4, 0.5) is 5.13 Å². The largest absolute Gasteiger partial charge is 0.356 e. The van der Waals surface area contributed by atoms with Crippen LogP contribution >= 0.6 is 11.3 Å². The van der Waals surface area contributed by atoms with Crippen molar-refractivity contribution in [1.29, 1.82) is 0 Å². The minimum absolute atomic E-state index is 0.0354. The van der Waals surface area contributed by atoms with E-state index in [1.165, 1.54) is 22.5 Å². The maximum absolute atomic E-state index is 12.4. The summed E-state index contributed by atoms with van der Waals surface area (Å²) in [6.07, 6.45) is 2.95. The van der Waals surface area contributed by atoms with Crippen molar-refractivity contribution in [3.8, 4) is 0 Å². The summed E-state index contributed by atoms with van der Waals surface area (Å²) in [5, 5.41) is 8.25. The number of amides is 2. The number of carbonyl (C=O) groups excluding carboxylic acids is 2. The van der Waals surface area contributed by atoms with Gasteiger partial charge in [-0.25, -0.2) is 4.98 Å². The molecule has 0 unspecified atom stereocenters. The average Bonchev–Trinajstić information content (AvgIpc) is 3.54. The van der Waals surface area contributed by atoms with Crippen molar-refractivity contribution in [2.24, 2.45) is 5.92 Å². The summed E-state index contributed by atoms with van der Waals surface area (Å²) < 4.78 is 0. The van der Waals surface area contributed by atoms with E-state index in [1.807, 2.05) is 41.8 Å². The zero-order valence-corrected chi connectivity index (χ0v) is 17.5. The molecule has 4 rings (SSSR count). The Morgan fingerprint density at radius 2 is 1.63 bits per heavy atom. The van der Waals surface area contributed by atoms with Crippen LogP contribution in [0.15, 0.2) is 66.0 Å². The molecule has 0 radical (unpaired) electrons. The van der Waals surface area contributed by atoms with E-state index in [0.29, 0.717) is 17.4 Å². The third kappa shape index (κ3) is 5.54. The molecule has 2 amide bonds. The molecular formula is C24H25N3O2S. The number of hydrogen-bond acceptors (Lipinski definition) is 4. The first kappa shape index (κ1) is 20.3. The van der Waals surface area contributed by atoms with Crippen LogP contribution in [0, 0.1) is 5.92 Å². The van der Waals surface area contributed by atoms with E-state index in [9.17, 15) is 9.59 Å². The van der Waals surface area contributed by atoms with E-state index in [-0.39, 0.29) is 30.1 Å². The standard InChI is InChI=1S/C24H25N3O2S/c28-22(15-20-16-30-24(26-20)27-23(29)19-11-12-19)25-14-13-21(17-7-3-1-4-8-17)18-9-5-2-6-10-18/h1-10,16,19,21H,11-15H2,(H,25,28)(H,26,27,29). The highest BCUT2D eigenvalue weighted by Crippen LogP contribution is 2.31. The topological polar surface area (TPSA) is 71.1 Å². The van der Waals surface area contributed by atoms with Gasteiger partial charge in [-0.2, -0.15) is 0 Å². The Bertz CT molecular complexity index is 944. The first-order chi connectivity index (χ1) is 14.7. The highest BCUT2D eigenvalue weighted by molar-refractivity contribution is 7.13. The van der Waals surface area contributed by atoms with Gasteiger partial charge in [0.1, 0.15) is 0 Å². The fraction of sp³-hybridized carbons (Fsp3) is 0.292. The van der Waals surface area contributed by atoms with Crippen molar-refractivity contribution in [3.63, 3.8) is 0 Å². The quantitative estimate of drug-likeness (QED) is 0.541. The molecule has 154 valence electrons. The maximum Gasteiger partial charge on any atom is 0.229 e. The van der Waals surface area contributed by atoms with Crippen LogP contribution < -0.4 is 10.6 Å². The number of rotatable bonds is 9. The Labute approximate surface area is 180 Å². The Morgan fingerprint density at radius 1 is 1.00 bits per heavy atom. The smallest absolute Gasteiger partial charge is 0.229 e. The fourth-order valence-corrected chi connectivity index (χ4v) is 4.19. The van der Waals surface area contributed by atoms with Gasteiger partial charge < -0.3 is 10.6 Å². The number of anilines is 1. The second-order valence-corrected chi connectivity index (χ2v) is 8.45. The summed E-state index contributed by atoms with van der Waals surface area (Å²) in [6.45, 7) is 0.586. The molecule has 3 aromatic rings. The summed E-state index contributed by atoms with van der Waals surface area (Å²) in [5.74, 6) is 0.354. The van der Waals surface area contributed by atoms with Gasteiger partial charge in [-0.15, -0.1) is 11.3 Å². The molecule has 6 heteroatoms. The third-order valence-corrected chi connectivity index (χ3v) is 6.04. The van der Waals surface area contributed by atoms with Gasteiger partial charge in [0.25, 0.3) is 0 Å². The maximum atomic E-state index is 12.4. The van der Waals surface area contributed by atoms with E-state index >= 15 is 0 Å². The van der Waals surface area contributed by atoms with Crippen LogP contribution in [-0.4, -0.2) is 23.3 Å². The molecule has 1 aliphatic rings. The van der Waals surface area contributed by atoms with E-state index in [2.05, 4.69) is 39.9 Å². The predicted molar refractivity (Wildman–Crippen MR) is 120 cm³/mol. The molecule has 0 atom stereocenters. The second-order valence-electron chi connectivity index (χ2n) is 7.60. The summed E-state index contributed by atoms with van der Waals surface area (Å²) in [4.78, 5) is 28.6. The van der Waals surface area contributed by atoms with Gasteiger partial charge in [0.05, 0.1) is 12.1 Å². The molecule has 2 aromatic carbocycles. The molecule has 1 aliphatic carbocycles. The zero-order chi connectivity index (χ0) is 20.8. The normalized spacial score (nSPS) is 13.2. The molecule has 1 aromatic heterocycles. The van der Waals surface area contributed by atoms with E-state index < -0.39 is 0 Å². The minimum Gasteiger partial charge on any atom is -0.356 e. The van der Waals surface area contributed by atoms with E-state index in [1.54, 1.807) is 0 Å². The minimum atomic E-state index is -0.0553. The lowest BCUT2D eigenvalue weighted by Gasteiger charge is -2.18. The van der Waals surface area contributed by atoms with Gasteiger partial charge in [0.2, 0.25) is 11.8 Å². The lowest BCUT2D eigenvalue weighted by Crippen LogP contribution is -2.27. The van der Waals surface area contributed by atoms with Crippen molar-refractivity contribution >= 4 is 28.3 Å². The van der Waals surface area contributed by atoms with E-state index in [0.717, 1.165) is 19.3 Å². The SMILES string of the molecule is O=C(Cc1csc(NC(=O)C2CC2)n1)NCCC(c1ccccc1)c1ccccc1. The molecule has 0 aliphatic heterocycles. The van der Waals surface area contributed by atoms with E-state index in [4.69, 9.17) is 0 Å². The molecule has 1 saturated carbocycles. The van der Waals surface area contributed by atoms with Crippen molar-refractivity contribution in [2.75, 3.05) is 11.9 Å². The van der Waals surface area contributed by atoms with Crippen LogP contribution in [0.1, 0.15) is 42.0 Å². The summed E-state index contributed by atoms with van der Waals surface area (Å²) >= 11 is 1.37. The molecule has 0 saturated heterocycles. The number of hydrogen-bond donors (Lipinski definition) is 2. The predicted octanol–water partition coefficient (Wildman–Crippen LogP) is 4.37. The van der Waals surface area contributed by atoms with Crippen LogP contribution in [0.3, 0.4) is 0 Å². The number of nitrogens with zero attached hydrogens (tertiary/aromatic N) is 1. The van der Waals surface area contributed by atoms with Crippen LogP contribution in [0.5, 0.6) is 0 Å².